The van der Waals surface area contributed by atoms with Crippen molar-refractivity contribution in [1.29, 1.82) is 0 Å². The van der Waals surface area contributed by atoms with Gasteiger partial charge in [0, 0.05) is 12.5 Å². The lowest BCUT2D eigenvalue weighted by Crippen LogP contribution is -2.18. The molecule has 0 saturated carbocycles. The third kappa shape index (κ3) is 3.47. The number of benzene rings is 1. The van der Waals surface area contributed by atoms with E-state index in [1.807, 2.05) is 25.1 Å². The molecule has 2 rings (SSSR count). The van der Waals surface area contributed by atoms with E-state index >= 15 is 0 Å². The summed E-state index contributed by atoms with van der Waals surface area (Å²) in [6.45, 7) is 2.99. The van der Waals surface area contributed by atoms with Crippen molar-refractivity contribution in [2.75, 3.05) is 19.8 Å². The molecule has 0 aromatic heterocycles. The molecule has 19 heavy (non-hydrogen) atoms. The van der Waals surface area contributed by atoms with Crippen molar-refractivity contribution in [2.24, 2.45) is 0 Å². The van der Waals surface area contributed by atoms with Crippen LogP contribution < -0.4 is 4.74 Å². The van der Waals surface area contributed by atoms with Crippen LogP contribution in [0.5, 0.6) is 5.75 Å². The van der Waals surface area contributed by atoms with E-state index in [1.165, 1.54) is 0 Å². The van der Waals surface area contributed by atoms with Crippen LogP contribution in [0, 0.1) is 0 Å². The maximum atomic E-state index is 11.6. The minimum atomic E-state index is -0.153. The van der Waals surface area contributed by atoms with Crippen molar-refractivity contribution in [1.82, 2.24) is 0 Å². The number of carbonyl (C=O) groups is 1. The van der Waals surface area contributed by atoms with Crippen LogP contribution in [0.15, 0.2) is 18.2 Å². The molecule has 0 radical (unpaired) electrons. The Morgan fingerprint density at radius 3 is 3.11 bits per heavy atom. The lowest BCUT2D eigenvalue weighted by molar-refractivity contribution is -0.143. The Labute approximate surface area is 113 Å². The molecule has 0 spiro atoms. The normalized spacial score (nSPS) is 17.5. The molecule has 1 aromatic rings. The number of carbonyl (C=O) groups excluding carboxylic acids is 1. The van der Waals surface area contributed by atoms with Gasteiger partial charge in [-0.3, -0.25) is 4.79 Å². The highest BCUT2D eigenvalue weighted by Crippen LogP contribution is 2.36. The second-order valence-electron chi connectivity index (χ2n) is 4.69. The summed E-state index contributed by atoms with van der Waals surface area (Å²) in [6, 6.07) is 5.95. The van der Waals surface area contributed by atoms with Crippen molar-refractivity contribution in [2.45, 2.75) is 32.1 Å². The zero-order valence-corrected chi connectivity index (χ0v) is 11.2. The van der Waals surface area contributed by atoms with Gasteiger partial charge in [-0.1, -0.05) is 12.1 Å². The molecule has 1 heterocycles. The van der Waals surface area contributed by atoms with E-state index in [2.05, 4.69) is 0 Å². The molecule has 0 bridgehead atoms. The van der Waals surface area contributed by atoms with Crippen LogP contribution in [0.1, 0.15) is 36.8 Å². The van der Waals surface area contributed by atoms with Crippen LogP contribution in [-0.4, -0.2) is 30.9 Å². The lowest BCUT2D eigenvalue weighted by Gasteiger charge is -2.25. The number of fused-ring (bicyclic) bond motifs is 1. The molecule has 1 unspecified atom stereocenters. The van der Waals surface area contributed by atoms with Crippen molar-refractivity contribution >= 4 is 5.97 Å². The van der Waals surface area contributed by atoms with Gasteiger partial charge in [0.05, 0.1) is 19.6 Å². The monoisotopic (exact) mass is 264 g/mol. The van der Waals surface area contributed by atoms with Crippen LogP contribution in [0.2, 0.25) is 0 Å². The van der Waals surface area contributed by atoms with Gasteiger partial charge in [0.1, 0.15) is 5.75 Å². The molecule has 1 N–H and O–H groups in total. The molecule has 4 heteroatoms. The number of hydrogen-bond acceptors (Lipinski definition) is 4. The zero-order valence-electron chi connectivity index (χ0n) is 11.2. The largest absolute Gasteiger partial charge is 0.493 e. The highest BCUT2D eigenvalue weighted by Gasteiger charge is 2.24. The fraction of sp³-hybridized carbons (Fsp3) is 0.533. The summed E-state index contributed by atoms with van der Waals surface area (Å²) in [4.78, 5) is 11.6. The number of aliphatic hydroxyl groups is 1. The van der Waals surface area contributed by atoms with Gasteiger partial charge >= 0.3 is 5.97 Å². The predicted molar refractivity (Wildman–Crippen MR) is 71.3 cm³/mol. The van der Waals surface area contributed by atoms with E-state index in [0.29, 0.717) is 26.1 Å². The van der Waals surface area contributed by atoms with Gasteiger partial charge in [0.25, 0.3) is 0 Å². The predicted octanol–water partition coefficient (Wildman–Crippen LogP) is 2.04. The number of aliphatic hydroxyl groups excluding tert-OH is 1. The number of esters is 1. The average Bonchev–Trinajstić information content (AvgIpc) is 2.39. The summed E-state index contributed by atoms with van der Waals surface area (Å²) < 4.78 is 10.7. The smallest absolute Gasteiger partial charge is 0.306 e. The average molecular weight is 264 g/mol. The molecule has 1 aliphatic rings. The molecule has 0 aliphatic carbocycles. The third-order valence-corrected chi connectivity index (χ3v) is 3.36. The summed E-state index contributed by atoms with van der Waals surface area (Å²) in [5.41, 5.74) is 2.12. The van der Waals surface area contributed by atoms with Crippen molar-refractivity contribution in [3.63, 3.8) is 0 Å². The quantitative estimate of drug-likeness (QED) is 0.827. The molecule has 104 valence electrons. The van der Waals surface area contributed by atoms with E-state index in [4.69, 9.17) is 14.6 Å². The standard InChI is InChI=1S/C15H20O4/c1-2-18-15(17)10-12-6-8-19-14-9-11(5-7-16)3-4-13(12)14/h3-4,9,12,16H,2,5-8,10H2,1H3. The number of hydrogen-bond donors (Lipinski definition) is 1. The molecule has 0 fully saturated rings. The van der Waals surface area contributed by atoms with Gasteiger partial charge in [-0.15, -0.1) is 0 Å². The summed E-state index contributed by atoms with van der Waals surface area (Å²) in [6.07, 6.45) is 1.87. The Bertz CT molecular complexity index is 442. The van der Waals surface area contributed by atoms with E-state index in [1.54, 1.807) is 0 Å². The SMILES string of the molecule is CCOC(=O)CC1CCOc2cc(CCO)ccc21. The Morgan fingerprint density at radius 2 is 2.37 bits per heavy atom. The highest BCUT2D eigenvalue weighted by molar-refractivity contribution is 5.71. The lowest BCUT2D eigenvalue weighted by atomic mass is 9.89. The van der Waals surface area contributed by atoms with Gasteiger partial charge in [0.15, 0.2) is 0 Å². The molecular weight excluding hydrogens is 244 g/mol. The second-order valence-corrected chi connectivity index (χ2v) is 4.69. The van der Waals surface area contributed by atoms with Gasteiger partial charge < -0.3 is 14.6 Å². The molecule has 0 saturated heterocycles. The van der Waals surface area contributed by atoms with Crippen LogP contribution in [0.25, 0.3) is 0 Å². The maximum absolute atomic E-state index is 11.6. The Kier molecular flexibility index (Phi) is 4.80. The van der Waals surface area contributed by atoms with Gasteiger partial charge in [-0.25, -0.2) is 0 Å². The summed E-state index contributed by atoms with van der Waals surface area (Å²) >= 11 is 0. The topological polar surface area (TPSA) is 55.8 Å². The molecule has 1 aromatic carbocycles. The van der Waals surface area contributed by atoms with E-state index in [9.17, 15) is 4.79 Å². The van der Waals surface area contributed by atoms with E-state index < -0.39 is 0 Å². The Balaban J connectivity index is 2.12. The first kappa shape index (κ1) is 13.9. The van der Waals surface area contributed by atoms with Crippen LogP contribution in [0.4, 0.5) is 0 Å². The number of rotatable bonds is 5. The fourth-order valence-electron chi connectivity index (χ4n) is 2.43. The minimum absolute atomic E-state index is 0.130. The first-order valence-electron chi connectivity index (χ1n) is 6.76. The van der Waals surface area contributed by atoms with Crippen LogP contribution >= 0.6 is 0 Å². The zero-order chi connectivity index (χ0) is 13.7. The summed E-state index contributed by atoms with van der Waals surface area (Å²) in [5.74, 6) is 0.859. The molecule has 1 atom stereocenters. The third-order valence-electron chi connectivity index (χ3n) is 3.36. The van der Waals surface area contributed by atoms with Gasteiger partial charge in [0.2, 0.25) is 0 Å². The van der Waals surface area contributed by atoms with Gasteiger partial charge in [-0.2, -0.15) is 0 Å². The molecule has 0 amide bonds. The van der Waals surface area contributed by atoms with Crippen LogP contribution in [0.3, 0.4) is 0 Å². The first-order chi connectivity index (χ1) is 9.24. The number of ether oxygens (including phenoxy) is 2. The summed E-state index contributed by atoms with van der Waals surface area (Å²) in [7, 11) is 0. The molecule has 1 aliphatic heterocycles. The molecule has 4 nitrogen and oxygen atoms in total. The van der Waals surface area contributed by atoms with Crippen molar-refractivity contribution in [3.05, 3.63) is 29.3 Å². The maximum Gasteiger partial charge on any atom is 0.306 e. The Hall–Kier alpha value is -1.55. The van der Waals surface area contributed by atoms with Crippen LogP contribution in [-0.2, 0) is 16.0 Å². The molecular formula is C15H20O4. The van der Waals surface area contributed by atoms with E-state index in [0.717, 1.165) is 23.3 Å². The minimum Gasteiger partial charge on any atom is -0.493 e. The van der Waals surface area contributed by atoms with E-state index in [-0.39, 0.29) is 18.5 Å². The highest BCUT2D eigenvalue weighted by atomic mass is 16.5. The second kappa shape index (κ2) is 6.57. The van der Waals surface area contributed by atoms with Crippen molar-refractivity contribution < 1.29 is 19.4 Å². The van der Waals surface area contributed by atoms with Gasteiger partial charge in [-0.05, 0) is 37.0 Å². The first-order valence-corrected chi connectivity index (χ1v) is 6.76. The fourth-order valence-corrected chi connectivity index (χ4v) is 2.43. The summed E-state index contributed by atoms with van der Waals surface area (Å²) in [5, 5.41) is 8.95. The van der Waals surface area contributed by atoms with Crippen molar-refractivity contribution in [3.8, 4) is 5.75 Å². The Morgan fingerprint density at radius 1 is 1.53 bits per heavy atom.